The highest BCUT2D eigenvalue weighted by atomic mass is 16.1. The molecule has 2 rings (SSSR count). The van der Waals surface area contributed by atoms with Crippen LogP contribution >= 0.6 is 0 Å². The number of hydrogen-bond donors (Lipinski definition) is 2. The molecule has 0 fully saturated rings. The van der Waals surface area contributed by atoms with Gasteiger partial charge in [0.2, 0.25) is 5.91 Å². The average molecular weight is 310 g/mol. The fourth-order valence-corrected chi connectivity index (χ4v) is 2.60. The Morgan fingerprint density at radius 1 is 1.09 bits per heavy atom. The monoisotopic (exact) mass is 310 g/mol. The number of nitrogens with one attached hydrogen (secondary N) is 1. The molecule has 0 aromatic heterocycles. The Morgan fingerprint density at radius 2 is 1.74 bits per heavy atom. The normalized spacial score (nSPS) is 12.2. The maximum atomic E-state index is 12.5. The van der Waals surface area contributed by atoms with Gasteiger partial charge in [-0.3, -0.25) is 4.79 Å². The fourth-order valence-electron chi connectivity index (χ4n) is 2.60. The summed E-state index contributed by atoms with van der Waals surface area (Å²) in [5.74, 6) is 0.410. The zero-order valence-electron chi connectivity index (χ0n) is 14.4. The highest BCUT2D eigenvalue weighted by molar-refractivity contribution is 5.96. The summed E-state index contributed by atoms with van der Waals surface area (Å²) >= 11 is 0. The molecule has 3 nitrogen and oxygen atoms in total. The van der Waals surface area contributed by atoms with Gasteiger partial charge < -0.3 is 11.1 Å². The second-order valence-corrected chi connectivity index (χ2v) is 6.57. The summed E-state index contributed by atoms with van der Waals surface area (Å²) in [6.07, 6.45) is 1.06. The van der Waals surface area contributed by atoms with E-state index in [9.17, 15) is 4.79 Å². The third-order valence-electron chi connectivity index (χ3n) is 4.15. The Morgan fingerprint density at radius 3 is 2.35 bits per heavy atom. The van der Waals surface area contributed by atoms with Crippen LogP contribution in [0.3, 0.4) is 0 Å². The van der Waals surface area contributed by atoms with E-state index in [-0.39, 0.29) is 11.8 Å². The number of rotatable bonds is 5. The molecule has 0 heterocycles. The minimum atomic E-state index is -0.205. The van der Waals surface area contributed by atoms with E-state index in [0.717, 1.165) is 23.2 Å². The second-order valence-electron chi connectivity index (χ2n) is 6.57. The van der Waals surface area contributed by atoms with E-state index in [4.69, 9.17) is 5.73 Å². The van der Waals surface area contributed by atoms with E-state index in [1.807, 2.05) is 44.2 Å². The molecule has 1 atom stereocenters. The summed E-state index contributed by atoms with van der Waals surface area (Å²) in [6.45, 7) is 8.25. The molecular weight excluding hydrogens is 284 g/mol. The van der Waals surface area contributed by atoms with E-state index in [1.54, 1.807) is 0 Å². The largest absolute Gasteiger partial charge is 0.398 e. The van der Waals surface area contributed by atoms with E-state index in [2.05, 4.69) is 31.3 Å². The molecule has 0 saturated heterocycles. The van der Waals surface area contributed by atoms with Crippen molar-refractivity contribution in [3.05, 3.63) is 59.2 Å². The molecule has 3 heteroatoms. The molecule has 0 bridgehead atoms. The van der Waals surface area contributed by atoms with Gasteiger partial charge in [-0.2, -0.15) is 0 Å². The summed E-state index contributed by atoms with van der Waals surface area (Å²) in [6, 6.07) is 13.9. The summed E-state index contributed by atoms with van der Waals surface area (Å²) in [5.41, 5.74) is 10.6. The number of amides is 1. The van der Waals surface area contributed by atoms with Gasteiger partial charge in [-0.1, -0.05) is 44.2 Å². The third-order valence-corrected chi connectivity index (χ3v) is 4.15. The first-order chi connectivity index (χ1) is 10.9. The highest BCUT2D eigenvalue weighted by Gasteiger charge is 2.16. The topological polar surface area (TPSA) is 55.1 Å². The lowest BCUT2D eigenvalue weighted by Crippen LogP contribution is -2.19. The van der Waals surface area contributed by atoms with E-state index >= 15 is 0 Å². The lowest BCUT2D eigenvalue weighted by atomic mass is 9.96. The van der Waals surface area contributed by atoms with Gasteiger partial charge in [0.15, 0.2) is 0 Å². The molecule has 2 aromatic rings. The lowest BCUT2D eigenvalue weighted by molar-refractivity contribution is -0.117. The molecular formula is C20H26N2O. The SMILES string of the molecule is Cc1c(N)cccc1NC(=O)C(C)c1ccc(CC(C)C)cc1. The number of nitrogens with two attached hydrogens (primary N) is 1. The summed E-state index contributed by atoms with van der Waals surface area (Å²) in [5, 5.41) is 2.98. The van der Waals surface area contributed by atoms with E-state index < -0.39 is 0 Å². The van der Waals surface area contributed by atoms with Crippen molar-refractivity contribution in [3.8, 4) is 0 Å². The maximum absolute atomic E-state index is 12.5. The molecule has 0 saturated carbocycles. The summed E-state index contributed by atoms with van der Waals surface area (Å²) < 4.78 is 0. The van der Waals surface area contributed by atoms with E-state index in [1.165, 1.54) is 5.56 Å². The van der Waals surface area contributed by atoms with Gasteiger partial charge in [0.05, 0.1) is 5.92 Å². The van der Waals surface area contributed by atoms with Gasteiger partial charge in [-0.15, -0.1) is 0 Å². The summed E-state index contributed by atoms with van der Waals surface area (Å²) in [4.78, 5) is 12.5. The summed E-state index contributed by atoms with van der Waals surface area (Å²) in [7, 11) is 0. The molecule has 23 heavy (non-hydrogen) atoms. The van der Waals surface area contributed by atoms with Gasteiger partial charge in [0.1, 0.15) is 0 Å². The zero-order valence-corrected chi connectivity index (χ0v) is 14.4. The van der Waals surface area contributed by atoms with Crippen molar-refractivity contribution in [1.29, 1.82) is 0 Å². The molecule has 0 aliphatic carbocycles. The standard InChI is InChI=1S/C20H26N2O/c1-13(2)12-16-8-10-17(11-9-16)14(3)20(23)22-19-7-5-6-18(21)15(19)4/h5-11,13-14H,12,21H2,1-4H3,(H,22,23). The van der Waals surface area contributed by atoms with Crippen LogP contribution in [-0.2, 0) is 11.2 Å². The Labute approximate surface area is 138 Å². The van der Waals surface area contributed by atoms with Crippen LogP contribution in [0.1, 0.15) is 43.4 Å². The van der Waals surface area contributed by atoms with Crippen molar-refractivity contribution >= 4 is 17.3 Å². The van der Waals surface area contributed by atoms with Crippen molar-refractivity contribution in [2.45, 2.75) is 40.0 Å². The minimum absolute atomic E-state index is 0.0182. The molecule has 0 aliphatic rings. The van der Waals surface area contributed by atoms with Crippen molar-refractivity contribution in [2.24, 2.45) is 5.92 Å². The number of hydrogen-bond acceptors (Lipinski definition) is 2. The van der Waals surface area contributed by atoms with Gasteiger partial charge in [0.25, 0.3) is 0 Å². The van der Waals surface area contributed by atoms with Gasteiger partial charge in [0, 0.05) is 11.4 Å². The van der Waals surface area contributed by atoms with Gasteiger partial charge in [-0.05, 0) is 55.0 Å². The van der Waals surface area contributed by atoms with Crippen LogP contribution in [-0.4, -0.2) is 5.91 Å². The smallest absolute Gasteiger partial charge is 0.231 e. The molecule has 122 valence electrons. The molecule has 0 radical (unpaired) electrons. The third kappa shape index (κ3) is 4.35. The Hall–Kier alpha value is -2.29. The molecule has 0 spiro atoms. The van der Waals surface area contributed by atoms with Crippen molar-refractivity contribution < 1.29 is 4.79 Å². The number of carbonyl (C=O) groups excluding carboxylic acids is 1. The van der Waals surface area contributed by atoms with Crippen LogP contribution in [0.15, 0.2) is 42.5 Å². The average Bonchev–Trinajstić information content (AvgIpc) is 2.51. The second kappa shape index (κ2) is 7.32. The Bertz CT molecular complexity index is 675. The molecule has 1 unspecified atom stereocenters. The first-order valence-electron chi connectivity index (χ1n) is 8.13. The zero-order chi connectivity index (χ0) is 17.0. The number of carbonyl (C=O) groups is 1. The quantitative estimate of drug-likeness (QED) is 0.798. The van der Waals surface area contributed by atoms with Gasteiger partial charge in [-0.25, -0.2) is 0 Å². The Balaban J connectivity index is 2.08. The Kier molecular flexibility index (Phi) is 5.43. The number of nitrogen functional groups attached to an aromatic ring is 1. The van der Waals surface area contributed by atoms with Gasteiger partial charge >= 0.3 is 0 Å². The minimum Gasteiger partial charge on any atom is -0.398 e. The van der Waals surface area contributed by atoms with Crippen molar-refractivity contribution in [2.75, 3.05) is 11.1 Å². The predicted octanol–water partition coefficient (Wildman–Crippen LogP) is 4.52. The first-order valence-corrected chi connectivity index (χ1v) is 8.13. The number of benzene rings is 2. The fraction of sp³-hybridized carbons (Fsp3) is 0.350. The maximum Gasteiger partial charge on any atom is 0.231 e. The van der Waals surface area contributed by atoms with Crippen LogP contribution in [0.5, 0.6) is 0 Å². The van der Waals surface area contributed by atoms with Crippen LogP contribution in [0.4, 0.5) is 11.4 Å². The predicted molar refractivity (Wildman–Crippen MR) is 97.6 cm³/mol. The molecule has 1 amide bonds. The molecule has 3 N–H and O–H groups in total. The molecule has 0 aliphatic heterocycles. The van der Waals surface area contributed by atoms with Crippen LogP contribution in [0.2, 0.25) is 0 Å². The van der Waals surface area contributed by atoms with E-state index in [0.29, 0.717) is 11.6 Å². The number of anilines is 2. The van der Waals surface area contributed by atoms with Crippen LogP contribution in [0.25, 0.3) is 0 Å². The van der Waals surface area contributed by atoms with Crippen LogP contribution < -0.4 is 11.1 Å². The van der Waals surface area contributed by atoms with Crippen molar-refractivity contribution in [3.63, 3.8) is 0 Å². The van der Waals surface area contributed by atoms with Crippen molar-refractivity contribution in [1.82, 2.24) is 0 Å². The van der Waals surface area contributed by atoms with Crippen LogP contribution in [0, 0.1) is 12.8 Å². The highest BCUT2D eigenvalue weighted by Crippen LogP contribution is 2.23. The first kappa shape index (κ1) is 17.1. The lowest BCUT2D eigenvalue weighted by Gasteiger charge is -2.15. The molecule has 2 aromatic carbocycles.